The molecule has 0 spiro atoms. The molecule has 0 atom stereocenters. The first-order valence-electron chi connectivity index (χ1n) is 3.56. The van der Waals surface area contributed by atoms with Gasteiger partial charge in [-0.05, 0) is 0 Å². The molecule has 64 valence electrons. The molecule has 0 N–H and O–H groups in total. The summed E-state index contributed by atoms with van der Waals surface area (Å²) < 4.78 is 0. The largest absolute Gasteiger partial charge is 0.288 e. The van der Waals surface area contributed by atoms with Crippen LogP contribution in [0.5, 0.6) is 0 Å². The van der Waals surface area contributed by atoms with Crippen molar-refractivity contribution in [3.63, 3.8) is 0 Å². The normalized spacial score (nSPS) is 9.85. The molecule has 0 fully saturated rings. The minimum absolute atomic E-state index is 0.0805. The van der Waals surface area contributed by atoms with Gasteiger partial charge in [0.15, 0.2) is 0 Å². The van der Waals surface area contributed by atoms with Gasteiger partial charge in [0.2, 0.25) is 5.78 Å². The van der Waals surface area contributed by atoms with Crippen molar-refractivity contribution in [1.82, 2.24) is 15.0 Å². The molecule has 2 aromatic heterocycles. The Bertz CT molecular complexity index is 399. The van der Waals surface area contributed by atoms with E-state index in [1.165, 1.54) is 30.1 Å². The number of hydrogen-bond donors (Lipinski definition) is 0. The van der Waals surface area contributed by atoms with Crippen molar-refractivity contribution in [1.29, 1.82) is 0 Å². The molecule has 13 heavy (non-hydrogen) atoms. The van der Waals surface area contributed by atoms with Crippen molar-refractivity contribution in [3.05, 3.63) is 40.9 Å². The number of ketones is 1. The van der Waals surface area contributed by atoms with Crippen LogP contribution in [0.2, 0.25) is 0 Å². The summed E-state index contributed by atoms with van der Waals surface area (Å²) in [7, 11) is 0. The molecule has 5 heteroatoms. The zero-order chi connectivity index (χ0) is 9.10. The van der Waals surface area contributed by atoms with Crippen molar-refractivity contribution in [3.8, 4) is 0 Å². The van der Waals surface area contributed by atoms with E-state index in [0.717, 1.165) is 0 Å². The molecule has 0 radical (unpaired) electrons. The van der Waals surface area contributed by atoms with Crippen LogP contribution in [-0.4, -0.2) is 20.7 Å². The van der Waals surface area contributed by atoms with E-state index in [0.29, 0.717) is 10.4 Å². The van der Waals surface area contributed by atoms with E-state index in [9.17, 15) is 4.79 Å². The lowest BCUT2D eigenvalue weighted by atomic mass is 10.2. The van der Waals surface area contributed by atoms with Gasteiger partial charge >= 0.3 is 0 Å². The second kappa shape index (κ2) is 3.40. The SMILES string of the molecule is O=C(c1cncnc1)c1cncs1. The molecule has 0 unspecified atom stereocenters. The number of thiazole rings is 1. The van der Waals surface area contributed by atoms with Crippen LogP contribution in [-0.2, 0) is 0 Å². The molecule has 2 rings (SSSR count). The van der Waals surface area contributed by atoms with Crippen LogP contribution < -0.4 is 0 Å². The number of carbonyl (C=O) groups is 1. The summed E-state index contributed by atoms with van der Waals surface area (Å²) in [5.41, 5.74) is 2.11. The molecule has 4 nitrogen and oxygen atoms in total. The van der Waals surface area contributed by atoms with Gasteiger partial charge in [0.05, 0.1) is 16.0 Å². The van der Waals surface area contributed by atoms with Crippen LogP contribution in [0.15, 0.2) is 30.4 Å². The maximum atomic E-state index is 11.6. The third-order valence-electron chi connectivity index (χ3n) is 1.48. The van der Waals surface area contributed by atoms with E-state index < -0.39 is 0 Å². The molecular weight excluding hydrogens is 186 g/mol. The number of carbonyl (C=O) groups excluding carboxylic acids is 1. The fourth-order valence-corrected chi connectivity index (χ4v) is 1.47. The van der Waals surface area contributed by atoms with Gasteiger partial charge in [0.1, 0.15) is 6.33 Å². The molecule has 0 aliphatic rings. The van der Waals surface area contributed by atoms with Gasteiger partial charge in [-0.3, -0.25) is 9.78 Å². The second-order valence-corrected chi connectivity index (χ2v) is 3.21. The zero-order valence-corrected chi connectivity index (χ0v) is 7.36. The molecule has 0 aliphatic heterocycles. The van der Waals surface area contributed by atoms with E-state index in [2.05, 4.69) is 15.0 Å². The predicted molar refractivity (Wildman–Crippen MR) is 47.6 cm³/mol. The standard InChI is InChI=1S/C8H5N3OS/c12-8(7-3-11-5-13-7)6-1-9-4-10-2-6/h1-5H. The Balaban J connectivity index is 2.34. The van der Waals surface area contributed by atoms with E-state index in [1.54, 1.807) is 11.7 Å². The lowest BCUT2D eigenvalue weighted by Crippen LogP contribution is -1.99. The van der Waals surface area contributed by atoms with Gasteiger partial charge in [-0.2, -0.15) is 0 Å². The Labute approximate surface area is 78.3 Å². The van der Waals surface area contributed by atoms with Crippen molar-refractivity contribution >= 4 is 17.1 Å². The Hall–Kier alpha value is -1.62. The van der Waals surface area contributed by atoms with Gasteiger partial charge < -0.3 is 0 Å². The summed E-state index contributed by atoms with van der Waals surface area (Å²) in [6.45, 7) is 0. The van der Waals surface area contributed by atoms with Crippen LogP contribution in [0.3, 0.4) is 0 Å². The number of nitrogens with zero attached hydrogens (tertiary/aromatic N) is 3. The second-order valence-electron chi connectivity index (χ2n) is 2.32. The Morgan fingerprint density at radius 3 is 2.54 bits per heavy atom. The minimum atomic E-state index is -0.0805. The number of hydrogen-bond acceptors (Lipinski definition) is 5. The van der Waals surface area contributed by atoms with E-state index in [-0.39, 0.29) is 5.78 Å². The van der Waals surface area contributed by atoms with Gasteiger partial charge in [-0.15, -0.1) is 11.3 Å². The van der Waals surface area contributed by atoms with Crippen molar-refractivity contribution < 1.29 is 4.79 Å². The monoisotopic (exact) mass is 191 g/mol. The lowest BCUT2D eigenvalue weighted by Gasteiger charge is -1.93. The van der Waals surface area contributed by atoms with Gasteiger partial charge in [-0.25, -0.2) is 9.97 Å². The average molecular weight is 191 g/mol. The summed E-state index contributed by atoms with van der Waals surface area (Å²) in [5, 5.41) is 0. The molecule has 0 saturated carbocycles. The first-order chi connectivity index (χ1) is 6.38. The summed E-state index contributed by atoms with van der Waals surface area (Å²) in [4.78, 5) is 23.6. The molecular formula is C8H5N3OS. The highest BCUT2D eigenvalue weighted by molar-refractivity contribution is 7.11. The van der Waals surface area contributed by atoms with Crippen LogP contribution in [0, 0.1) is 0 Å². The summed E-state index contributed by atoms with van der Waals surface area (Å²) in [5.74, 6) is -0.0805. The summed E-state index contributed by atoms with van der Waals surface area (Å²) in [6.07, 6.45) is 5.92. The van der Waals surface area contributed by atoms with E-state index in [1.807, 2.05) is 0 Å². The average Bonchev–Trinajstić information content (AvgIpc) is 2.71. The maximum Gasteiger partial charge on any atom is 0.207 e. The Morgan fingerprint density at radius 2 is 1.92 bits per heavy atom. The van der Waals surface area contributed by atoms with Gasteiger partial charge in [-0.1, -0.05) is 0 Å². The maximum absolute atomic E-state index is 11.6. The zero-order valence-electron chi connectivity index (χ0n) is 6.54. The highest BCUT2D eigenvalue weighted by atomic mass is 32.1. The first-order valence-corrected chi connectivity index (χ1v) is 4.44. The molecule has 0 bridgehead atoms. The summed E-state index contributed by atoms with van der Waals surface area (Å²) >= 11 is 1.31. The Morgan fingerprint density at radius 1 is 1.15 bits per heavy atom. The lowest BCUT2D eigenvalue weighted by molar-refractivity contribution is 0.104. The van der Waals surface area contributed by atoms with Gasteiger partial charge in [0.25, 0.3) is 0 Å². The highest BCUT2D eigenvalue weighted by Crippen LogP contribution is 2.11. The minimum Gasteiger partial charge on any atom is -0.288 e. The molecule has 2 heterocycles. The topological polar surface area (TPSA) is 55.7 Å². The number of aromatic nitrogens is 3. The van der Waals surface area contributed by atoms with Gasteiger partial charge in [0, 0.05) is 18.6 Å². The smallest absolute Gasteiger partial charge is 0.207 e. The fourth-order valence-electron chi connectivity index (χ4n) is 0.887. The molecule has 2 aromatic rings. The third-order valence-corrected chi connectivity index (χ3v) is 2.25. The van der Waals surface area contributed by atoms with Crippen LogP contribution in [0.4, 0.5) is 0 Å². The molecule has 0 amide bonds. The van der Waals surface area contributed by atoms with Crippen LogP contribution in [0.25, 0.3) is 0 Å². The summed E-state index contributed by atoms with van der Waals surface area (Å²) in [6, 6.07) is 0. The van der Waals surface area contributed by atoms with Crippen molar-refractivity contribution in [2.75, 3.05) is 0 Å². The third kappa shape index (κ3) is 1.59. The van der Waals surface area contributed by atoms with Crippen molar-refractivity contribution in [2.45, 2.75) is 0 Å². The van der Waals surface area contributed by atoms with Crippen molar-refractivity contribution in [2.24, 2.45) is 0 Å². The molecule has 0 aliphatic carbocycles. The number of rotatable bonds is 2. The Kier molecular flexibility index (Phi) is 2.09. The van der Waals surface area contributed by atoms with Crippen LogP contribution in [0.1, 0.15) is 15.2 Å². The predicted octanol–water partition coefficient (Wildman–Crippen LogP) is 1.16. The van der Waals surface area contributed by atoms with E-state index in [4.69, 9.17) is 0 Å². The fraction of sp³-hybridized carbons (Fsp3) is 0. The molecule has 0 saturated heterocycles. The van der Waals surface area contributed by atoms with E-state index >= 15 is 0 Å². The first kappa shape index (κ1) is 8.00. The highest BCUT2D eigenvalue weighted by Gasteiger charge is 2.10. The van der Waals surface area contributed by atoms with Crippen LogP contribution >= 0.6 is 11.3 Å². The quantitative estimate of drug-likeness (QED) is 0.668. The molecule has 0 aromatic carbocycles.